The fourth-order valence-electron chi connectivity index (χ4n) is 1.65. The van der Waals surface area contributed by atoms with Gasteiger partial charge in [0.05, 0.1) is 24.6 Å². The van der Waals surface area contributed by atoms with Gasteiger partial charge in [-0.1, -0.05) is 13.8 Å². The molecule has 0 saturated carbocycles. The molecule has 0 aliphatic carbocycles. The van der Waals surface area contributed by atoms with Crippen molar-refractivity contribution in [2.75, 3.05) is 25.6 Å². The van der Waals surface area contributed by atoms with Crippen molar-refractivity contribution in [2.45, 2.75) is 39.7 Å². The number of nitrogens with two attached hydrogens (primary N) is 1. The average molecular weight is 295 g/mol. The lowest BCUT2D eigenvalue weighted by molar-refractivity contribution is 0.0529. The molecule has 1 heterocycles. The Bertz CT molecular complexity index is 476. The van der Waals surface area contributed by atoms with E-state index >= 15 is 0 Å². The summed E-state index contributed by atoms with van der Waals surface area (Å²) in [4.78, 5) is 22.5. The van der Waals surface area contributed by atoms with Crippen LogP contribution in [0.1, 0.15) is 49.9 Å². The highest BCUT2D eigenvalue weighted by Crippen LogP contribution is 2.16. The summed E-state index contributed by atoms with van der Waals surface area (Å²) in [5.74, 6) is 5.97. The van der Waals surface area contributed by atoms with Crippen molar-refractivity contribution < 1.29 is 9.53 Å². The van der Waals surface area contributed by atoms with Crippen molar-refractivity contribution in [1.82, 2.24) is 14.9 Å². The van der Waals surface area contributed by atoms with Gasteiger partial charge >= 0.3 is 0 Å². The number of hydrogen-bond donors (Lipinski definition) is 2. The first kappa shape index (κ1) is 17.3. The summed E-state index contributed by atoms with van der Waals surface area (Å²) in [7, 11) is 1.71. The van der Waals surface area contributed by atoms with Crippen LogP contribution in [0.2, 0.25) is 0 Å². The minimum absolute atomic E-state index is 0.137. The normalized spacial score (nSPS) is 11.0. The number of nitrogens with zero attached hydrogens (tertiary/aromatic N) is 3. The molecule has 1 aromatic rings. The van der Waals surface area contributed by atoms with Crippen LogP contribution < -0.4 is 11.3 Å². The molecule has 1 rings (SSSR count). The number of nitrogens with one attached hydrogen (secondary N) is 1. The number of rotatable bonds is 7. The van der Waals surface area contributed by atoms with E-state index in [1.165, 1.54) is 6.20 Å². The monoisotopic (exact) mass is 295 g/mol. The van der Waals surface area contributed by atoms with E-state index in [2.05, 4.69) is 15.4 Å². The van der Waals surface area contributed by atoms with Gasteiger partial charge in [-0.05, 0) is 13.8 Å². The summed E-state index contributed by atoms with van der Waals surface area (Å²) < 4.78 is 5.45. The molecule has 118 valence electrons. The van der Waals surface area contributed by atoms with E-state index in [4.69, 9.17) is 10.6 Å². The maximum atomic E-state index is 12.5. The molecule has 0 bridgehead atoms. The maximum Gasteiger partial charge on any atom is 0.274 e. The Morgan fingerprint density at radius 1 is 1.43 bits per heavy atom. The van der Waals surface area contributed by atoms with Gasteiger partial charge in [-0.3, -0.25) is 10.6 Å². The largest absolute Gasteiger partial charge is 0.377 e. The Labute approximate surface area is 125 Å². The van der Waals surface area contributed by atoms with Gasteiger partial charge in [0.25, 0.3) is 5.91 Å². The van der Waals surface area contributed by atoms with Gasteiger partial charge in [-0.2, -0.15) is 0 Å². The molecular weight excluding hydrogens is 270 g/mol. The Kier molecular flexibility index (Phi) is 6.51. The molecule has 0 aliphatic rings. The van der Waals surface area contributed by atoms with E-state index in [9.17, 15) is 4.79 Å². The molecule has 7 nitrogen and oxygen atoms in total. The summed E-state index contributed by atoms with van der Waals surface area (Å²) >= 11 is 0. The summed E-state index contributed by atoms with van der Waals surface area (Å²) in [6.07, 6.45) is 1.68. The van der Waals surface area contributed by atoms with Crippen LogP contribution in [-0.2, 0) is 4.74 Å². The number of amides is 1. The van der Waals surface area contributed by atoms with Gasteiger partial charge in [0.1, 0.15) is 5.82 Å². The van der Waals surface area contributed by atoms with Crippen molar-refractivity contribution in [1.29, 1.82) is 0 Å². The fourth-order valence-corrected chi connectivity index (χ4v) is 1.65. The van der Waals surface area contributed by atoms with Crippen molar-refractivity contribution in [3.05, 3.63) is 17.7 Å². The number of aromatic nitrogens is 2. The smallest absolute Gasteiger partial charge is 0.274 e. The Hall–Kier alpha value is -1.73. The Balaban J connectivity index is 2.86. The molecule has 0 radical (unpaired) electrons. The molecular formula is C14H25N5O2. The van der Waals surface area contributed by atoms with Gasteiger partial charge in [-0.15, -0.1) is 0 Å². The van der Waals surface area contributed by atoms with Crippen LogP contribution in [0.25, 0.3) is 0 Å². The highest BCUT2D eigenvalue weighted by atomic mass is 16.5. The minimum atomic E-state index is -0.209. The van der Waals surface area contributed by atoms with Gasteiger partial charge < -0.3 is 15.1 Å². The topological polar surface area (TPSA) is 93.4 Å². The molecule has 0 saturated heterocycles. The first-order chi connectivity index (χ1) is 9.86. The number of carbonyl (C=O) groups excluding carboxylic acids is 1. The van der Waals surface area contributed by atoms with Crippen molar-refractivity contribution >= 4 is 11.6 Å². The zero-order valence-corrected chi connectivity index (χ0v) is 13.4. The summed E-state index contributed by atoms with van der Waals surface area (Å²) in [6.45, 7) is 8.82. The number of nitrogen functional groups attached to an aromatic ring is 1. The third-order valence-electron chi connectivity index (χ3n) is 2.91. The van der Waals surface area contributed by atoms with Crippen molar-refractivity contribution in [2.24, 2.45) is 5.84 Å². The van der Waals surface area contributed by atoms with Crippen LogP contribution in [0, 0.1) is 0 Å². The minimum Gasteiger partial charge on any atom is -0.377 e. The average Bonchev–Trinajstić information content (AvgIpc) is 2.45. The van der Waals surface area contributed by atoms with Crippen LogP contribution in [0.5, 0.6) is 0 Å². The predicted octanol–water partition coefficient (Wildman–Crippen LogP) is 1.38. The molecule has 0 aliphatic heterocycles. The lowest BCUT2D eigenvalue weighted by Crippen LogP contribution is -2.32. The van der Waals surface area contributed by atoms with Crippen LogP contribution in [0.3, 0.4) is 0 Å². The zero-order chi connectivity index (χ0) is 16.0. The van der Waals surface area contributed by atoms with Crippen LogP contribution >= 0.6 is 0 Å². The molecule has 7 heteroatoms. The van der Waals surface area contributed by atoms with Crippen LogP contribution in [0.4, 0.5) is 5.69 Å². The van der Waals surface area contributed by atoms with Crippen LogP contribution in [0.15, 0.2) is 6.20 Å². The molecule has 1 amide bonds. The van der Waals surface area contributed by atoms with E-state index in [0.29, 0.717) is 24.7 Å². The third kappa shape index (κ3) is 4.95. The quantitative estimate of drug-likeness (QED) is 0.583. The first-order valence-corrected chi connectivity index (χ1v) is 7.07. The highest BCUT2D eigenvalue weighted by Gasteiger charge is 2.19. The van der Waals surface area contributed by atoms with Crippen molar-refractivity contribution in [3.63, 3.8) is 0 Å². The van der Waals surface area contributed by atoms with E-state index in [0.717, 1.165) is 0 Å². The Morgan fingerprint density at radius 2 is 2.10 bits per heavy atom. The maximum absolute atomic E-state index is 12.5. The predicted molar refractivity (Wildman–Crippen MR) is 82.0 cm³/mol. The summed E-state index contributed by atoms with van der Waals surface area (Å²) in [5.41, 5.74) is 3.17. The molecule has 0 atom stereocenters. The van der Waals surface area contributed by atoms with E-state index < -0.39 is 0 Å². The number of ether oxygens (including phenoxy) is 1. The summed E-state index contributed by atoms with van der Waals surface area (Å²) in [5, 5.41) is 0. The van der Waals surface area contributed by atoms with E-state index in [-0.39, 0.29) is 23.6 Å². The number of carbonyl (C=O) groups is 1. The van der Waals surface area contributed by atoms with Gasteiger partial charge in [-0.25, -0.2) is 9.97 Å². The molecule has 0 aromatic carbocycles. The lowest BCUT2D eigenvalue weighted by Gasteiger charge is -2.19. The molecule has 21 heavy (non-hydrogen) atoms. The second-order valence-electron chi connectivity index (χ2n) is 5.44. The summed E-state index contributed by atoms with van der Waals surface area (Å²) in [6, 6.07) is 0. The third-order valence-corrected chi connectivity index (χ3v) is 2.91. The second kappa shape index (κ2) is 7.90. The number of hydrogen-bond acceptors (Lipinski definition) is 6. The van der Waals surface area contributed by atoms with Gasteiger partial charge in [0.15, 0.2) is 5.69 Å². The van der Waals surface area contributed by atoms with Crippen LogP contribution in [-0.4, -0.2) is 47.1 Å². The number of anilines is 1. The zero-order valence-electron chi connectivity index (χ0n) is 13.4. The molecule has 0 spiro atoms. The lowest BCUT2D eigenvalue weighted by atomic mass is 10.2. The van der Waals surface area contributed by atoms with Gasteiger partial charge in [0, 0.05) is 19.5 Å². The Morgan fingerprint density at radius 3 is 2.62 bits per heavy atom. The molecule has 0 fully saturated rings. The molecule has 0 unspecified atom stereocenters. The number of hydrazine groups is 1. The molecule has 3 N–H and O–H groups in total. The SMILES string of the molecule is CC(C)OCCN(C)C(=O)c1nc(C(C)C)ncc1NN. The van der Waals surface area contributed by atoms with E-state index in [1.54, 1.807) is 11.9 Å². The van der Waals surface area contributed by atoms with E-state index in [1.807, 2.05) is 27.7 Å². The fraction of sp³-hybridized carbons (Fsp3) is 0.643. The number of likely N-dealkylation sites (N-methyl/N-ethyl adjacent to an activating group) is 1. The standard InChI is InChI=1S/C14H25N5O2/c1-9(2)13-16-8-11(18-15)12(17-13)14(20)19(5)6-7-21-10(3)4/h8-10,18H,6-7,15H2,1-5H3. The van der Waals surface area contributed by atoms with Gasteiger partial charge in [0.2, 0.25) is 0 Å². The second-order valence-corrected chi connectivity index (χ2v) is 5.44. The molecule has 1 aromatic heterocycles. The highest BCUT2D eigenvalue weighted by molar-refractivity contribution is 5.97. The van der Waals surface area contributed by atoms with Crippen molar-refractivity contribution in [3.8, 4) is 0 Å². The first-order valence-electron chi connectivity index (χ1n) is 7.07.